The lowest BCUT2D eigenvalue weighted by Crippen LogP contribution is -2.25. The molecule has 1 aromatic heterocycles. The van der Waals surface area contributed by atoms with E-state index in [4.69, 9.17) is 0 Å². The van der Waals surface area contributed by atoms with Crippen LogP contribution in [0.5, 0.6) is 0 Å². The molecule has 0 fully saturated rings. The van der Waals surface area contributed by atoms with Gasteiger partial charge < -0.3 is 4.57 Å². The molecule has 0 aliphatic carbocycles. The van der Waals surface area contributed by atoms with Crippen LogP contribution in [0.3, 0.4) is 0 Å². The highest BCUT2D eigenvalue weighted by molar-refractivity contribution is 5.86. The molecule has 82 valence electrons. The Morgan fingerprint density at radius 2 is 1.94 bits per heavy atom. The first-order chi connectivity index (χ1) is 7.65. The van der Waals surface area contributed by atoms with Gasteiger partial charge in [-0.3, -0.25) is 9.59 Å². The summed E-state index contributed by atoms with van der Waals surface area (Å²) >= 11 is 0. The van der Waals surface area contributed by atoms with Gasteiger partial charge in [-0.1, -0.05) is 18.2 Å². The van der Waals surface area contributed by atoms with Crippen molar-refractivity contribution in [2.75, 3.05) is 0 Å². The predicted octanol–water partition coefficient (Wildman–Crippen LogP) is 2.39. The molecular formula is C13H13NO2. The summed E-state index contributed by atoms with van der Waals surface area (Å²) in [6.45, 7) is 3.78. The number of pyridine rings is 1. The van der Waals surface area contributed by atoms with Gasteiger partial charge in [0, 0.05) is 11.4 Å². The number of aldehydes is 1. The molecule has 0 aliphatic rings. The fourth-order valence-corrected chi connectivity index (χ4v) is 1.92. The van der Waals surface area contributed by atoms with Crippen molar-refractivity contribution in [3.05, 3.63) is 46.4 Å². The van der Waals surface area contributed by atoms with E-state index in [1.807, 2.05) is 32.0 Å². The van der Waals surface area contributed by atoms with Gasteiger partial charge in [-0.25, -0.2) is 0 Å². The average Bonchev–Trinajstić information content (AvgIpc) is 2.28. The van der Waals surface area contributed by atoms with Gasteiger partial charge in [-0.15, -0.1) is 0 Å². The van der Waals surface area contributed by atoms with E-state index in [0.717, 1.165) is 11.7 Å². The highest BCUT2D eigenvalue weighted by atomic mass is 16.1. The molecule has 2 aromatic rings. The second kappa shape index (κ2) is 3.93. The maximum atomic E-state index is 12.2. The number of hydrogen-bond acceptors (Lipinski definition) is 2. The molecule has 0 unspecified atom stereocenters. The van der Waals surface area contributed by atoms with E-state index in [0.29, 0.717) is 11.1 Å². The fourth-order valence-electron chi connectivity index (χ4n) is 1.92. The Bertz CT molecular complexity index is 596. The second-order valence-corrected chi connectivity index (χ2v) is 4.04. The van der Waals surface area contributed by atoms with Gasteiger partial charge in [0.25, 0.3) is 5.56 Å². The third-order valence-electron chi connectivity index (χ3n) is 2.63. The van der Waals surface area contributed by atoms with E-state index in [9.17, 15) is 9.59 Å². The number of rotatable bonds is 2. The quantitative estimate of drug-likeness (QED) is 0.721. The van der Waals surface area contributed by atoms with Crippen molar-refractivity contribution in [3.8, 4) is 0 Å². The van der Waals surface area contributed by atoms with Crippen LogP contribution < -0.4 is 5.56 Å². The van der Waals surface area contributed by atoms with Crippen molar-refractivity contribution in [1.29, 1.82) is 0 Å². The number of aromatic nitrogens is 1. The van der Waals surface area contributed by atoms with Gasteiger partial charge in [-0.05, 0) is 31.4 Å². The standard InChI is InChI=1S/C13H13NO2/c1-9(2)14-11(8-15)7-10-5-3-4-6-12(10)13(14)16/h3-9H,1-2H3. The fraction of sp³-hybridized carbons (Fsp3) is 0.231. The summed E-state index contributed by atoms with van der Waals surface area (Å²) in [4.78, 5) is 23.1. The number of fused-ring (bicyclic) bond motifs is 1. The molecule has 1 aromatic carbocycles. The average molecular weight is 215 g/mol. The Morgan fingerprint density at radius 1 is 1.25 bits per heavy atom. The molecule has 0 radical (unpaired) electrons. The van der Waals surface area contributed by atoms with Crippen molar-refractivity contribution < 1.29 is 4.79 Å². The SMILES string of the molecule is CC(C)n1c(C=O)cc2ccccc2c1=O. The lowest BCUT2D eigenvalue weighted by molar-refractivity contribution is 0.111. The molecule has 0 bridgehead atoms. The van der Waals surface area contributed by atoms with Crippen LogP contribution in [-0.2, 0) is 0 Å². The first kappa shape index (κ1) is 10.6. The maximum Gasteiger partial charge on any atom is 0.259 e. The van der Waals surface area contributed by atoms with Gasteiger partial charge in [-0.2, -0.15) is 0 Å². The first-order valence-electron chi connectivity index (χ1n) is 5.24. The molecule has 16 heavy (non-hydrogen) atoms. The van der Waals surface area contributed by atoms with Crippen molar-refractivity contribution in [1.82, 2.24) is 4.57 Å². The van der Waals surface area contributed by atoms with Gasteiger partial charge in [0.15, 0.2) is 6.29 Å². The summed E-state index contributed by atoms with van der Waals surface area (Å²) in [6, 6.07) is 9.05. The molecule has 1 heterocycles. The van der Waals surface area contributed by atoms with Crippen LogP contribution in [-0.4, -0.2) is 10.9 Å². The molecule has 0 atom stereocenters. The summed E-state index contributed by atoms with van der Waals surface area (Å²) < 4.78 is 1.52. The van der Waals surface area contributed by atoms with Gasteiger partial charge in [0.1, 0.15) is 0 Å². The van der Waals surface area contributed by atoms with Crippen LogP contribution in [0.4, 0.5) is 0 Å². The topological polar surface area (TPSA) is 39.1 Å². The Labute approximate surface area is 93.3 Å². The van der Waals surface area contributed by atoms with Crippen LogP contribution in [0.15, 0.2) is 35.1 Å². The monoisotopic (exact) mass is 215 g/mol. The summed E-state index contributed by atoms with van der Waals surface area (Å²) in [7, 11) is 0. The molecule has 0 aliphatic heterocycles. The van der Waals surface area contributed by atoms with Crippen LogP contribution in [0.25, 0.3) is 10.8 Å². The molecule has 0 spiro atoms. The highest BCUT2D eigenvalue weighted by Gasteiger charge is 2.10. The van der Waals surface area contributed by atoms with Crippen molar-refractivity contribution >= 4 is 17.1 Å². The third-order valence-corrected chi connectivity index (χ3v) is 2.63. The Hall–Kier alpha value is -1.90. The van der Waals surface area contributed by atoms with Crippen molar-refractivity contribution in [3.63, 3.8) is 0 Å². The Morgan fingerprint density at radius 3 is 2.56 bits per heavy atom. The number of nitrogens with zero attached hydrogens (tertiary/aromatic N) is 1. The zero-order valence-corrected chi connectivity index (χ0v) is 9.31. The van der Waals surface area contributed by atoms with E-state index in [1.165, 1.54) is 4.57 Å². The molecule has 3 nitrogen and oxygen atoms in total. The maximum absolute atomic E-state index is 12.2. The van der Waals surface area contributed by atoms with E-state index in [2.05, 4.69) is 0 Å². The number of carbonyl (C=O) groups excluding carboxylic acids is 1. The Balaban J connectivity index is 2.93. The zero-order chi connectivity index (χ0) is 11.7. The summed E-state index contributed by atoms with van der Waals surface area (Å²) in [5, 5.41) is 1.47. The largest absolute Gasteiger partial charge is 0.303 e. The molecular weight excluding hydrogens is 202 g/mol. The van der Waals surface area contributed by atoms with Gasteiger partial charge in [0.05, 0.1) is 5.69 Å². The number of hydrogen-bond donors (Lipinski definition) is 0. The number of benzene rings is 1. The van der Waals surface area contributed by atoms with Crippen LogP contribution in [0.1, 0.15) is 30.4 Å². The van der Waals surface area contributed by atoms with Crippen molar-refractivity contribution in [2.45, 2.75) is 19.9 Å². The molecule has 3 heteroatoms. The lowest BCUT2D eigenvalue weighted by atomic mass is 10.1. The van der Waals surface area contributed by atoms with E-state index in [-0.39, 0.29) is 11.6 Å². The summed E-state index contributed by atoms with van der Waals surface area (Å²) in [5.74, 6) is 0. The van der Waals surface area contributed by atoms with E-state index in [1.54, 1.807) is 12.1 Å². The molecule has 0 saturated heterocycles. The first-order valence-corrected chi connectivity index (χ1v) is 5.24. The minimum Gasteiger partial charge on any atom is -0.303 e. The normalized spacial score (nSPS) is 10.9. The lowest BCUT2D eigenvalue weighted by Gasteiger charge is -2.13. The predicted molar refractivity (Wildman–Crippen MR) is 64.0 cm³/mol. The van der Waals surface area contributed by atoms with Crippen LogP contribution >= 0.6 is 0 Å². The molecule has 0 saturated carbocycles. The van der Waals surface area contributed by atoms with Gasteiger partial charge >= 0.3 is 0 Å². The summed E-state index contributed by atoms with van der Waals surface area (Å²) in [5.41, 5.74) is 0.328. The van der Waals surface area contributed by atoms with E-state index >= 15 is 0 Å². The summed E-state index contributed by atoms with van der Waals surface area (Å²) in [6.07, 6.45) is 0.730. The zero-order valence-electron chi connectivity index (χ0n) is 9.31. The van der Waals surface area contributed by atoms with Crippen LogP contribution in [0, 0.1) is 0 Å². The molecule has 0 N–H and O–H groups in total. The second-order valence-electron chi connectivity index (χ2n) is 4.04. The number of carbonyl (C=O) groups is 1. The van der Waals surface area contributed by atoms with Gasteiger partial charge in [0.2, 0.25) is 0 Å². The van der Waals surface area contributed by atoms with E-state index < -0.39 is 0 Å². The smallest absolute Gasteiger partial charge is 0.259 e. The molecule has 0 amide bonds. The minimum absolute atomic E-state index is 0.0164. The molecule has 2 rings (SSSR count). The highest BCUT2D eigenvalue weighted by Crippen LogP contribution is 2.13. The van der Waals surface area contributed by atoms with Crippen LogP contribution in [0.2, 0.25) is 0 Å². The third kappa shape index (κ3) is 1.54. The minimum atomic E-state index is -0.102. The van der Waals surface area contributed by atoms with Crippen molar-refractivity contribution in [2.24, 2.45) is 0 Å². The Kier molecular flexibility index (Phi) is 2.60.